The van der Waals surface area contributed by atoms with Gasteiger partial charge >= 0.3 is 5.97 Å². The minimum Gasteiger partial charge on any atom is -0.497 e. The number of methoxy groups -OCH3 is 1. The van der Waals surface area contributed by atoms with E-state index in [9.17, 15) is 4.79 Å². The minimum absolute atomic E-state index is 0.235. The molecule has 0 saturated carbocycles. The van der Waals surface area contributed by atoms with Crippen molar-refractivity contribution in [3.05, 3.63) is 82.8 Å². The third-order valence-electron chi connectivity index (χ3n) is 7.26. The molecule has 0 atom stereocenters. The summed E-state index contributed by atoms with van der Waals surface area (Å²) in [6, 6.07) is 22.7. The molecule has 2 aromatic heterocycles. The van der Waals surface area contributed by atoms with E-state index in [0.717, 1.165) is 55.0 Å². The number of hydrogen-bond acceptors (Lipinski definition) is 8. The third-order valence-corrected chi connectivity index (χ3v) is 7.73. The molecule has 2 N–H and O–H groups in total. The van der Waals surface area contributed by atoms with Crippen LogP contribution in [0.2, 0.25) is 10.0 Å². The molecule has 6 rings (SSSR count). The number of halogens is 2. The molecule has 0 spiro atoms. The molecule has 0 aliphatic rings. The van der Waals surface area contributed by atoms with E-state index in [1.54, 1.807) is 13.2 Å². The largest absolute Gasteiger partial charge is 0.497 e. The Labute approximate surface area is 270 Å². The smallest absolute Gasteiger partial charge is 0.344 e. The van der Waals surface area contributed by atoms with Crippen LogP contribution in [0, 0.1) is 0 Å². The van der Waals surface area contributed by atoms with Crippen molar-refractivity contribution in [2.45, 2.75) is 26.4 Å². The van der Waals surface area contributed by atoms with Crippen molar-refractivity contribution in [2.24, 2.45) is 5.73 Å². The molecule has 0 saturated heterocycles. The summed E-state index contributed by atoms with van der Waals surface area (Å²) in [7, 11) is 1.64. The van der Waals surface area contributed by atoms with E-state index in [2.05, 4.69) is 4.90 Å². The van der Waals surface area contributed by atoms with Gasteiger partial charge in [0, 0.05) is 44.7 Å². The maximum absolute atomic E-state index is 12.5. The summed E-state index contributed by atoms with van der Waals surface area (Å²) in [6.07, 6.45) is 0. The molecule has 0 unspecified atom stereocenters. The first-order chi connectivity index (χ1) is 21.5. The van der Waals surface area contributed by atoms with Crippen LogP contribution in [0.15, 0.2) is 72.8 Å². The molecule has 0 radical (unpaired) electrons. The maximum atomic E-state index is 12.5. The quantitative estimate of drug-likeness (QED) is 0.131. The molecule has 230 valence electrons. The fourth-order valence-corrected chi connectivity index (χ4v) is 5.86. The monoisotopic (exact) mass is 642 g/mol. The predicted octanol–water partition coefficient (Wildman–Crippen LogP) is 8.22. The normalized spacial score (nSPS) is 11.8. The lowest BCUT2D eigenvalue weighted by Gasteiger charge is -2.30. The average molecular weight is 644 g/mol. The SMILES string of the molecule is COc1ccc2nc3cc(Cl)ccc3c(N(CCN)c3c4ccc(Cl)cc4nc4ccc(OCC(=O)OC(C)(C)C)cc34)c2c1. The summed E-state index contributed by atoms with van der Waals surface area (Å²) in [4.78, 5) is 24.5. The highest BCUT2D eigenvalue weighted by Gasteiger charge is 2.23. The molecule has 4 aromatic carbocycles. The number of benzene rings is 4. The van der Waals surface area contributed by atoms with E-state index >= 15 is 0 Å². The molecule has 8 nitrogen and oxygen atoms in total. The van der Waals surface area contributed by atoms with Crippen LogP contribution < -0.4 is 20.1 Å². The zero-order valence-corrected chi connectivity index (χ0v) is 26.9. The summed E-state index contributed by atoms with van der Waals surface area (Å²) in [6.45, 7) is 6.01. The van der Waals surface area contributed by atoms with Crippen molar-refractivity contribution < 1.29 is 19.0 Å². The van der Waals surface area contributed by atoms with Crippen LogP contribution >= 0.6 is 23.2 Å². The molecule has 0 aliphatic heterocycles. The van der Waals surface area contributed by atoms with Crippen molar-refractivity contribution in [1.29, 1.82) is 0 Å². The number of rotatable bonds is 8. The summed E-state index contributed by atoms with van der Waals surface area (Å²) >= 11 is 12.9. The number of carbonyl (C=O) groups is 1. The van der Waals surface area contributed by atoms with E-state index in [0.29, 0.717) is 34.6 Å². The molecule has 0 amide bonds. The van der Waals surface area contributed by atoms with Crippen LogP contribution in [0.1, 0.15) is 20.8 Å². The van der Waals surface area contributed by atoms with Crippen LogP contribution in [-0.4, -0.2) is 48.3 Å². The lowest BCUT2D eigenvalue weighted by Crippen LogP contribution is -2.27. The molecule has 10 heteroatoms. The van der Waals surface area contributed by atoms with E-state index < -0.39 is 11.6 Å². The first-order valence-corrected chi connectivity index (χ1v) is 15.2. The van der Waals surface area contributed by atoms with Gasteiger partial charge in [0.15, 0.2) is 6.61 Å². The molecule has 2 heterocycles. The number of aromatic nitrogens is 2. The van der Waals surface area contributed by atoms with Crippen LogP contribution in [0.5, 0.6) is 11.5 Å². The number of hydrogen-bond donors (Lipinski definition) is 1. The molecular weight excluding hydrogens is 611 g/mol. The molecular formula is C35H32Cl2N4O4. The van der Waals surface area contributed by atoms with E-state index in [1.165, 1.54) is 0 Å². The summed E-state index contributed by atoms with van der Waals surface area (Å²) < 4.78 is 17.0. The summed E-state index contributed by atoms with van der Waals surface area (Å²) in [5.74, 6) is 0.733. The van der Waals surface area contributed by atoms with Gasteiger partial charge in [-0.15, -0.1) is 0 Å². The summed E-state index contributed by atoms with van der Waals surface area (Å²) in [5, 5.41) is 4.58. The highest BCUT2D eigenvalue weighted by Crippen LogP contribution is 2.45. The highest BCUT2D eigenvalue weighted by atomic mass is 35.5. The standard InChI is InChI=1S/C35H32Cl2N4O4/c1-35(2,3)45-32(42)19-44-23-8-12-29-27(18-23)34(25-10-6-21(37)16-31(25)40-29)41(14-13-38)33-24-9-5-20(36)15-30(24)39-28-11-7-22(43-4)17-26(28)33/h5-12,15-18H,13-14,19,38H2,1-4H3. The minimum atomic E-state index is -0.618. The lowest BCUT2D eigenvalue weighted by atomic mass is 10.0. The fraction of sp³-hybridized carbons (Fsp3) is 0.229. The Balaban J connectivity index is 1.64. The van der Waals surface area contributed by atoms with E-state index in [-0.39, 0.29) is 6.61 Å². The van der Waals surface area contributed by atoms with Crippen molar-refractivity contribution in [3.8, 4) is 11.5 Å². The van der Waals surface area contributed by atoms with Gasteiger partial charge in [0.25, 0.3) is 0 Å². The second kappa shape index (κ2) is 12.2. The van der Waals surface area contributed by atoms with Crippen molar-refractivity contribution in [2.75, 3.05) is 31.7 Å². The van der Waals surface area contributed by atoms with Crippen molar-refractivity contribution in [3.63, 3.8) is 0 Å². The van der Waals surface area contributed by atoms with Gasteiger partial charge in [0.05, 0.1) is 40.6 Å². The van der Waals surface area contributed by atoms with Gasteiger partial charge in [-0.05, 0) is 93.6 Å². The van der Waals surface area contributed by atoms with Crippen LogP contribution in [-0.2, 0) is 9.53 Å². The number of carbonyl (C=O) groups excluding carboxylic acids is 1. The molecule has 0 aliphatic carbocycles. The maximum Gasteiger partial charge on any atom is 0.344 e. The van der Waals surface area contributed by atoms with Gasteiger partial charge in [-0.25, -0.2) is 14.8 Å². The van der Waals surface area contributed by atoms with Gasteiger partial charge < -0.3 is 24.8 Å². The zero-order chi connectivity index (χ0) is 31.9. The third kappa shape index (κ3) is 6.27. The Morgan fingerprint density at radius 1 is 0.756 bits per heavy atom. The number of fused-ring (bicyclic) bond motifs is 4. The molecule has 0 fully saturated rings. The number of anilines is 2. The summed E-state index contributed by atoms with van der Waals surface area (Å²) in [5.41, 5.74) is 10.4. The number of nitrogens with zero attached hydrogens (tertiary/aromatic N) is 3. The lowest BCUT2D eigenvalue weighted by molar-refractivity contribution is -0.157. The van der Waals surface area contributed by atoms with Crippen molar-refractivity contribution >= 4 is 84.2 Å². The van der Waals surface area contributed by atoms with Gasteiger partial charge in [-0.2, -0.15) is 0 Å². The Kier molecular flexibility index (Phi) is 8.31. The van der Waals surface area contributed by atoms with Gasteiger partial charge in [0.2, 0.25) is 0 Å². The van der Waals surface area contributed by atoms with E-state index in [1.807, 2.05) is 87.5 Å². The predicted molar refractivity (Wildman–Crippen MR) is 182 cm³/mol. The Bertz CT molecular complexity index is 2100. The molecule has 6 aromatic rings. The van der Waals surface area contributed by atoms with Gasteiger partial charge in [-0.1, -0.05) is 23.2 Å². The number of ether oxygens (including phenoxy) is 3. The Morgan fingerprint density at radius 3 is 1.80 bits per heavy atom. The second-order valence-electron chi connectivity index (χ2n) is 11.6. The number of esters is 1. The highest BCUT2D eigenvalue weighted by molar-refractivity contribution is 6.32. The Morgan fingerprint density at radius 2 is 1.29 bits per heavy atom. The Hall–Kier alpha value is -4.37. The molecule has 0 bridgehead atoms. The zero-order valence-electron chi connectivity index (χ0n) is 25.4. The van der Waals surface area contributed by atoms with Crippen LogP contribution in [0.25, 0.3) is 43.6 Å². The first kappa shape index (κ1) is 30.6. The number of pyridine rings is 2. The topological polar surface area (TPSA) is 99.8 Å². The van der Waals surface area contributed by atoms with Gasteiger partial charge in [-0.3, -0.25) is 0 Å². The van der Waals surface area contributed by atoms with E-state index in [4.69, 9.17) is 53.1 Å². The van der Waals surface area contributed by atoms with Crippen molar-refractivity contribution in [1.82, 2.24) is 9.97 Å². The second-order valence-corrected chi connectivity index (χ2v) is 12.5. The average Bonchev–Trinajstić information content (AvgIpc) is 2.99. The van der Waals surface area contributed by atoms with Gasteiger partial charge in [0.1, 0.15) is 17.1 Å². The first-order valence-electron chi connectivity index (χ1n) is 14.5. The number of nitrogens with two attached hydrogens (primary N) is 1. The fourth-order valence-electron chi connectivity index (χ4n) is 5.53. The van der Waals surface area contributed by atoms with Crippen LogP contribution in [0.3, 0.4) is 0 Å². The molecule has 45 heavy (non-hydrogen) atoms. The van der Waals surface area contributed by atoms with Crippen LogP contribution in [0.4, 0.5) is 11.4 Å².